The molecule has 0 aromatic carbocycles. The molecule has 3 aromatic heterocycles. The van der Waals surface area contributed by atoms with Crippen LogP contribution in [0.3, 0.4) is 0 Å². The van der Waals surface area contributed by atoms with Gasteiger partial charge in [0.2, 0.25) is 5.95 Å². The van der Waals surface area contributed by atoms with Gasteiger partial charge in [-0.3, -0.25) is 4.68 Å². The van der Waals surface area contributed by atoms with Gasteiger partial charge in [0.1, 0.15) is 11.6 Å². The predicted octanol–water partition coefficient (Wildman–Crippen LogP) is 2.95. The van der Waals surface area contributed by atoms with Crippen molar-refractivity contribution in [3.8, 4) is 0 Å². The van der Waals surface area contributed by atoms with E-state index < -0.39 is 0 Å². The van der Waals surface area contributed by atoms with E-state index >= 15 is 0 Å². The molecular weight excluding hydrogens is 423 g/mol. The van der Waals surface area contributed by atoms with Crippen LogP contribution in [0.2, 0.25) is 0 Å². The van der Waals surface area contributed by atoms with Gasteiger partial charge in [-0.2, -0.15) is 4.98 Å². The van der Waals surface area contributed by atoms with Crippen molar-refractivity contribution in [1.82, 2.24) is 34.8 Å². The summed E-state index contributed by atoms with van der Waals surface area (Å²) in [5.74, 6) is 2.22. The van der Waals surface area contributed by atoms with Gasteiger partial charge in [-0.1, -0.05) is 5.21 Å². The molecule has 174 valence electrons. The quantitative estimate of drug-likeness (QED) is 0.585. The first kappa shape index (κ1) is 21.5. The molecule has 1 aliphatic carbocycles. The maximum Gasteiger partial charge on any atom is 0.230 e. The molecule has 1 saturated carbocycles. The number of aromatic nitrogens is 6. The van der Waals surface area contributed by atoms with E-state index in [1.807, 2.05) is 13.2 Å². The van der Waals surface area contributed by atoms with Crippen molar-refractivity contribution < 1.29 is 4.39 Å². The first-order valence-corrected chi connectivity index (χ1v) is 11.3. The molecular formula is C22H29FN10. The monoisotopic (exact) mass is 452 g/mol. The van der Waals surface area contributed by atoms with Crippen LogP contribution in [0.25, 0.3) is 0 Å². The first-order valence-electron chi connectivity index (χ1n) is 11.3. The lowest BCUT2D eigenvalue weighted by Gasteiger charge is -2.39. The zero-order valence-corrected chi connectivity index (χ0v) is 19.4. The van der Waals surface area contributed by atoms with E-state index in [1.54, 1.807) is 23.9 Å². The number of pyridine rings is 1. The Kier molecular flexibility index (Phi) is 5.57. The number of piperazine rings is 1. The minimum Gasteiger partial charge on any atom is -0.364 e. The SMILES string of the molecule is Cc1nc(Nc2ncc(N3CCN(C)[C@H](C)C3)c(Nc3cn(C)nn3)n2)cc(C2CC2)c1F. The van der Waals surface area contributed by atoms with Crippen LogP contribution in [0.5, 0.6) is 0 Å². The molecule has 3 aromatic rings. The van der Waals surface area contributed by atoms with E-state index in [1.165, 1.54) is 0 Å². The molecule has 2 N–H and O–H groups in total. The highest BCUT2D eigenvalue weighted by molar-refractivity contribution is 5.71. The molecule has 0 spiro atoms. The Balaban J connectivity index is 1.46. The second-order valence-electron chi connectivity index (χ2n) is 9.00. The molecule has 0 unspecified atom stereocenters. The van der Waals surface area contributed by atoms with Crippen molar-refractivity contribution in [2.75, 3.05) is 42.2 Å². The summed E-state index contributed by atoms with van der Waals surface area (Å²) in [6.07, 6.45) is 5.63. The van der Waals surface area contributed by atoms with Crippen LogP contribution in [-0.2, 0) is 7.05 Å². The highest BCUT2D eigenvalue weighted by Gasteiger charge is 2.28. The third-order valence-corrected chi connectivity index (χ3v) is 6.33. The maximum absolute atomic E-state index is 14.5. The fraction of sp³-hybridized carbons (Fsp3) is 0.500. The lowest BCUT2D eigenvalue weighted by molar-refractivity contribution is 0.234. The Morgan fingerprint density at radius 1 is 1.09 bits per heavy atom. The Morgan fingerprint density at radius 3 is 2.61 bits per heavy atom. The molecule has 0 bridgehead atoms. The molecule has 33 heavy (non-hydrogen) atoms. The molecule has 1 saturated heterocycles. The van der Waals surface area contributed by atoms with Gasteiger partial charge >= 0.3 is 0 Å². The molecule has 2 fully saturated rings. The van der Waals surface area contributed by atoms with Crippen LogP contribution < -0.4 is 15.5 Å². The van der Waals surface area contributed by atoms with Crippen LogP contribution in [-0.4, -0.2) is 67.6 Å². The summed E-state index contributed by atoms with van der Waals surface area (Å²) < 4.78 is 16.1. The van der Waals surface area contributed by atoms with Crippen LogP contribution >= 0.6 is 0 Å². The highest BCUT2D eigenvalue weighted by Crippen LogP contribution is 2.42. The average molecular weight is 453 g/mol. The van der Waals surface area contributed by atoms with Crippen molar-refractivity contribution >= 4 is 29.1 Å². The number of halogens is 1. The number of hydrogen-bond acceptors (Lipinski definition) is 9. The molecule has 2 aliphatic rings. The summed E-state index contributed by atoms with van der Waals surface area (Å²) in [7, 11) is 3.95. The van der Waals surface area contributed by atoms with E-state index in [4.69, 9.17) is 4.98 Å². The van der Waals surface area contributed by atoms with Crippen LogP contribution in [0.1, 0.15) is 36.9 Å². The number of aryl methyl sites for hydroxylation is 2. The van der Waals surface area contributed by atoms with E-state index in [0.29, 0.717) is 40.7 Å². The van der Waals surface area contributed by atoms with E-state index in [2.05, 4.69) is 54.7 Å². The number of rotatable bonds is 6. The molecule has 0 radical (unpaired) electrons. The fourth-order valence-electron chi connectivity index (χ4n) is 4.10. The largest absolute Gasteiger partial charge is 0.364 e. The number of hydrogen-bond donors (Lipinski definition) is 2. The topological polar surface area (TPSA) is 99.9 Å². The number of likely N-dealkylation sites (N-methyl/N-ethyl adjacent to an activating group) is 1. The Morgan fingerprint density at radius 2 is 1.91 bits per heavy atom. The van der Waals surface area contributed by atoms with Gasteiger partial charge in [0.05, 0.1) is 23.8 Å². The molecule has 10 nitrogen and oxygen atoms in total. The standard InChI is InChI=1S/C22H29FN10/c1-13-11-33(8-7-31(13)3)17-10-24-22(28-21(17)26-19-12-32(4)30-29-19)27-18-9-16(15-5-6-15)20(23)14(2)25-18/h9-10,12-13,15H,5-8,11H2,1-4H3,(H2,24,25,26,27,28)/t13-/m1/s1. The average Bonchev–Trinajstić information content (AvgIpc) is 3.55. The van der Waals surface area contributed by atoms with Crippen LogP contribution in [0.4, 0.5) is 33.5 Å². The van der Waals surface area contributed by atoms with Crippen molar-refractivity contribution in [2.45, 2.75) is 38.6 Å². The Labute approximate surface area is 192 Å². The zero-order chi connectivity index (χ0) is 23.1. The summed E-state index contributed by atoms with van der Waals surface area (Å²) in [6.45, 7) is 6.58. The van der Waals surface area contributed by atoms with Crippen LogP contribution in [0.15, 0.2) is 18.5 Å². The Bertz CT molecular complexity index is 1160. The maximum atomic E-state index is 14.5. The number of nitrogens with zero attached hydrogens (tertiary/aromatic N) is 8. The van der Waals surface area contributed by atoms with E-state index in [9.17, 15) is 4.39 Å². The summed E-state index contributed by atoms with van der Waals surface area (Å²) in [5, 5.41) is 14.6. The van der Waals surface area contributed by atoms with Gasteiger partial charge in [-0.05, 0) is 51.3 Å². The molecule has 5 rings (SSSR count). The van der Waals surface area contributed by atoms with E-state index in [-0.39, 0.29) is 11.7 Å². The molecule has 0 amide bonds. The van der Waals surface area contributed by atoms with Crippen molar-refractivity contribution in [3.63, 3.8) is 0 Å². The molecule has 1 aliphatic heterocycles. The highest BCUT2D eigenvalue weighted by atomic mass is 19.1. The fourth-order valence-corrected chi connectivity index (χ4v) is 4.10. The van der Waals surface area contributed by atoms with Gasteiger partial charge in [0.15, 0.2) is 11.6 Å². The first-order chi connectivity index (χ1) is 15.9. The summed E-state index contributed by atoms with van der Waals surface area (Å²) in [4.78, 5) is 18.3. The van der Waals surface area contributed by atoms with Gasteiger partial charge < -0.3 is 20.4 Å². The molecule has 1 atom stereocenters. The van der Waals surface area contributed by atoms with Gasteiger partial charge in [-0.15, -0.1) is 5.10 Å². The zero-order valence-electron chi connectivity index (χ0n) is 19.4. The summed E-state index contributed by atoms with van der Waals surface area (Å²) in [6, 6.07) is 2.18. The van der Waals surface area contributed by atoms with Crippen molar-refractivity contribution in [2.24, 2.45) is 7.05 Å². The minimum absolute atomic E-state index is 0.214. The molecule has 11 heteroatoms. The third-order valence-electron chi connectivity index (χ3n) is 6.33. The van der Waals surface area contributed by atoms with Gasteiger partial charge in [-0.25, -0.2) is 14.4 Å². The summed E-state index contributed by atoms with van der Waals surface area (Å²) >= 11 is 0. The third kappa shape index (κ3) is 4.58. The second kappa shape index (κ2) is 8.54. The predicted molar refractivity (Wildman–Crippen MR) is 125 cm³/mol. The number of nitrogens with one attached hydrogen (secondary N) is 2. The van der Waals surface area contributed by atoms with Crippen molar-refractivity contribution in [1.29, 1.82) is 0 Å². The summed E-state index contributed by atoms with van der Waals surface area (Å²) in [5.41, 5.74) is 1.99. The van der Waals surface area contributed by atoms with Crippen molar-refractivity contribution in [3.05, 3.63) is 35.5 Å². The van der Waals surface area contributed by atoms with E-state index in [0.717, 1.165) is 38.2 Å². The molecule has 4 heterocycles. The number of anilines is 5. The lowest BCUT2D eigenvalue weighted by atomic mass is 10.1. The van der Waals surface area contributed by atoms with Gasteiger partial charge in [0.25, 0.3) is 0 Å². The Hall–Kier alpha value is -3.34. The lowest BCUT2D eigenvalue weighted by Crippen LogP contribution is -2.50. The van der Waals surface area contributed by atoms with Gasteiger partial charge in [0, 0.05) is 32.7 Å². The normalized spacial score (nSPS) is 19.1. The minimum atomic E-state index is -0.214. The second-order valence-corrected chi connectivity index (χ2v) is 9.00. The van der Waals surface area contributed by atoms with Crippen LogP contribution in [0, 0.1) is 12.7 Å². The smallest absolute Gasteiger partial charge is 0.230 e.